The molecule has 1 aliphatic rings. The topological polar surface area (TPSA) is 104 Å². The van der Waals surface area contributed by atoms with E-state index in [4.69, 9.17) is 26.8 Å². The van der Waals surface area contributed by atoms with Gasteiger partial charge in [-0.1, -0.05) is 11.6 Å². The Morgan fingerprint density at radius 1 is 1.21 bits per heavy atom. The first kappa shape index (κ1) is 21.1. The Morgan fingerprint density at radius 2 is 1.97 bits per heavy atom. The van der Waals surface area contributed by atoms with Crippen LogP contribution in [0.4, 0.5) is 5.69 Å². The van der Waals surface area contributed by atoms with Crippen molar-refractivity contribution in [1.82, 2.24) is 4.98 Å². The van der Waals surface area contributed by atoms with Gasteiger partial charge in [-0.05, 0) is 62.4 Å². The molecule has 1 heterocycles. The lowest BCUT2D eigenvalue weighted by atomic mass is 9.87. The lowest BCUT2D eigenvalue weighted by Gasteiger charge is -2.26. The van der Waals surface area contributed by atoms with Crippen molar-refractivity contribution in [3.63, 3.8) is 0 Å². The predicted octanol–water partition coefficient (Wildman–Crippen LogP) is 3.83. The molecule has 3 rings (SSSR count). The quantitative estimate of drug-likeness (QED) is 0.712. The molecule has 2 aromatic rings. The highest BCUT2D eigenvalue weighted by Crippen LogP contribution is 2.27. The monoisotopic (exact) mass is 417 g/mol. The summed E-state index contributed by atoms with van der Waals surface area (Å²) < 4.78 is 11.4. The zero-order valence-corrected chi connectivity index (χ0v) is 16.9. The summed E-state index contributed by atoms with van der Waals surface area (Å²) in [7, 11) is 0. The molecular formula is C21H24ClN3O4. The number of pyridine rings is 1. The first-order valence-corrected chi connectivity index (χ1v) is 9.89. The van der Waals surface area contributed by atoms with E-state index in [0.29, 0.717) is 35.2 Å². The maximum Gasteiger partial charge on any atom is 0.250 e. The molecular weight excluding hydrogens is 394 g/mol. The van der Waals surface area contributed by atoms with E-state index in [1.54, 1.807) is 24.3 Å². The molecule has 8 heteroatoms. The number of primary amides is 1. The normalized spacial score (nSPS) is 18.8. The zero-order valence-electron chi connectivity index (χ0n) is 16.2. The van der Waals surface area contributed by atoms with Crippen LogP contribution in [-0.2, 0) is 14.3 Å². The minimum atomic E-state index is -0.254. The molecule has 1 aromatic heterocycles. The molecule has 1 aliphatic carbocycles. The molecule has 3 N–H and O–H groups in total. The van der Waals surface area contributed by atoms with Crippen molar-refractivity contribution in [2.45, 2.75) is 38.7 Å². The minimum Gasteiger partial charge on any atom is -0.439 e. The molecule has 1 saturated carbocycles. The molecule has 2 amide bonds. The lowest BCUT2D eigenvalue weighted by molar-refractivity contribution is -0.127. The molecule has 0 atom stereocenters. The van der Waals surface area contributed by atoms with Gasteiger partial charge in [-0.25, -0.2) is 4.98 Å². The van der Waals surface area contributed by atoms with Gasteiger partial charge in [0.15, 0.2) is 0 Å². The van der Waals surface area contributed by atoms with Crippen LogP contribution in [0.5, 0.6) is 11.6 Å². The smallest absolute Gasteiger partial charge is 0.250 e. The van der Waals surface area contributed by atoms with E-state index < -0.39 is 0 Å². The number of benzene rings is 1. The van der Waals surface area contributed by atoms with Gasteiger partial charge in [-0.3, -0.25) is 9.59 Å². The van der Waals surface area contributed by atoms with Gasteiger partial charge in [0.2, 0.25) is 17.7 Å². The summed E-state index contributed by atoms with van der Waals surface area (Å²) >= 11 is 5.82. The molecule has 0 saturated heterocycles. The third kappa shape index (κ3) is 6.17. The van der Waals surface area contributed by atoms with Crippen LogP contribution in [0.2, 0.25) is 5.02 Å². The van der Waals surface area contributed by atoms with Gasteiger partial charge >= 0.3 is 0 Å². The summed E-state index contributed by atoms with van der Waals surface area (Å²) in [4.78, 5) is 27.5. The number of amides is 2. The lowest BCUT2D eigenvalue weighted by Crippen LogP contribution is -2.31. The average Bonchev–Trinajstić information content (AvgIpc) is 2.70. The van der Waals surface area contributed by atoms with Gasteiger partial charge in [0.05, 0.1) is 11.1 Å². The second-order valence-corrected chi connectivity index (χ2v) is 7.57. The van der Waals surface area contributed by atoms with Crippen LogP contribution in [0.15, 0.2) is 36.5 Å². The number of carbonyl (C=O) groups excluding carboxylic acids is 2. The highest BCUT2D eigenvalue weighted by molar-refractivity contribution is 6.30. The van der Waals surface area contributed by atoms with Crippen molar-refractivity contribution in [2.75, 3.05) is 11.9 Å². The Hall–Kier alpha value is -2.64. The van der Waals surface area contributed by atoms with Crippen LogP contribution in [0, 0.1) is 12.8 Å². The Kier molecular flexibility index (Phi) is 7.06. The van der Waals surface area contributed by atoms with Gasteiger partial charge in [0.1, 0.15) is 12.4 Å². The van der Waals surface area contributed by atoms with E-state index in [2.05, 4.69) is 10.3 Å². The van der Waals surface area contributed by atoms with Crippen molar-refractivity contribution >= 4 is 29.1 Å². The molecule has 1 aromatic carbocycles. The van der Waals surface area contributed by atoms with Gasteiger partial charge in [0.25, 0.3) is 0 Å². The fourth-order valence-electron chi connectivity index (χ4n) is 3.28. The number of nitrogens with zero attached hydrogens (tertiary/aromatic N) is 1. The van der Waals surface area contributed by atoms with E-state index in [0.717, 1.165) is 18.4 Å². The Labute approximate surface area is 174 Å². The van der Waals surface area contributed by atoms with Crippen LogP contribution >= 0.6 is 11.6 Å². The molecule has 0 spiro atoms. The fraction of sp³-hybridized carbons (Fsp3) is 0.381. The Bertz CT molecular complexity index is 865. The third-order valence-electron chi connectivity index (χ3n) is 4.90. The summed E-state index contributed by atoms with van der Waals surface area (Å²) in [5, 5.41) is 3.36. The number of aryl methyl sites for hydroxylation is 1. The number of nitrogens with two attached hydrogens (primary N) is 1. The number of anilines is 1. The molecule has 0 unspecified atom stereocenters. The van der Waals surface area contributed by atoms with Crippen LogP contribution in [0.3, 0.4) is 0 Å². The minimum absolute atomic E-state index is 0.0132. The SMILES string of the molecule is Cc1cc(NC(=O)COC2CCC(C(N)=O)CC2)ccc1Oc1ccc(Cl)cn1. The van der Waals surface area contributed by atoms with Gasteiger partial charge in [-0.15, -0.1) is 0 Å². The number of hydrogen-bond acceptors (Lipinski definition) is 5. The Morgan fingerprint density at radius 3 is 2.59 bits per heavy atom. The first-order chi connectivity index (χ1) is 13.9. The summed E-state index contributed by atoms with van der Waals surface area (Å²) in [6.07, 6.45) is 4.41. The van der Waals surface area contributed by atoms with Gasteiger partial charge < -0.3 is 20.5 Å². The number of nitrogens with one attached hydrogen (secondary N) is 1. The predicted molar refractivity (Wildman–Crippen MR) is 110 cm³/mol. The molecule has 0 bridgehead atoms. The van der Waals surface area contributed by atoms with Crippen molar-refractivity contribution in [3.05, 3.63) is 47.1 Å². The second kappa shape index (κ2) is 9.71. The summed E-state index contributed by atoms with van der Waals surface area (Å²) in [6, 6.07) is 8.74. The van der Waals surface area contributed by atoms with Crippen molar-refractivity contribution in [2.24, 2.45) is 11.7 Å². The molecule has 7 nitrogen and oxygen atoms in total. The molecule has 1 fully saturated rings. The van der Waals surface area contributed by atoms with Crippen molar-refractivity contribution in [3.8, 4) is 11.6 Å². The number of aromatic nitrogens is 1. The van der Waals surface area contributed by atoms with Gasteiger partial charge in [-0.2, -0.15) is 0 Å². The molecule has 0 radical (unpaired) electrons. The average molecular weight is 418 g/mol. The molecule has 29 heavy (non-hydrogen) atoms. The van der Waals surface area contributed by atoms with E-state index in [1.165, 1.54) is 6.20 Å². The Balaban J connectivity index is 1.47. The van der Waals surface area contributed by atoms with Crippen LogP contribution < -0.4 is 15.8 Å². The van der Waals surface area contributed by atoms with Crippen LogP contribution in [0.25, 0.3) is 0 Å². The maximum atomic E-state index is 12.2. The zero-order chi connectivity index (χ0) is 20.8. The van der Waals surface area contributed by atoms with E-state index >= 15 is 0 Å². The van der Waals surface area contributed by atoms with E-state index in [-0.39, 0.29) is 30.4 Å². The highest BCUT2D eigenvalue weighted by atomic mass is 35.5. The third-order valence-corrected chi connectivity index (χ3v) is 5.12. The van der Waals surface area contributed by atoms with E-state index in [1.807, 2.05) is 13.0 Å². The summed E-state index contributed by atoms with van der Waals surface area (Å²) in [5.74, 6) is 0.523. The molecule has 154 valence electrons. The second-order valence-electron chi connectivity index (χ2n) is 7.13. The van der Waals surface area contributed by atoms with Crippen molar-refractivity contribution in [1.29, 1.82) is 0 Å². The summed E-state index contributed by atoms with van der Waals surface area (Å²) in [5.41, 5.74) is 6.84. The maximum absolute atomic E-state index is 12.2. The van der Waals surface area contributed by atoms with Crippen molar-refractivity contribution < 1.29 is 19.1 Å². The number of hydrogen-bond donors (Lipinski definition) is 2. The fourth-order valence-corrected chi connectivity index (χ4v) is 3.39. The highest BCUT2D eigenvalue weighted by Gasteiger charge is 2.25. The number of halogens is 1. The number of ether oxygens (including phenoxy) is 2. The number of carbonyl (C=O) groups is 2. The van der Waals surface area contributed by atoms with Crippen LogP contribution in [-0.4, -0.2) is 29.5 Å². The van der Waals surface area contributed by atoms with E-state index in [9.17, 15) is 9.59 Å². The largest absolute Gasteiger partial charge is 0.439 e. The standard InChI is InChI=1S/C21H24ClN3O4/c1-13-10-16(5-8-18(13)29-20-9-4-15(22)11-24-20)25-19(26)12-28-17-6-2-14(3-7-17)21(23)27/h4-5,8-11,14,17H,2-3,6-7,12H2,1H3,(H2,23,27)(H,25,26). The van der Waals surface area contributed by atoms with Crippen LogP contribution in [0.1, 0.15) is 31.2 Å². The first-order valence-electron chi connectivity index (χ1n) is 9.51. The number of rotatable bonds is 7. The summed E-state index contributed by atoms with van der Waals surface area (Å²) in [6.45, 7) is 1.85. The van der Waals surface area contributed by atoms with Gasteiger partial charge in [0, 0.05) is 23.9 Å². The molecule has 0 aliphatic heterocycles.